The minimum absolute atomic E-state index is 0.0713. The quantitative estimate of drug-likeness (QED) is 0.190. The fourth-order valence-electron chi connectivity index (χ4n) is 2.94. The topological polar surface area (TPSA) is 139 Å². The van der Waals surface area contributed by atoms with Crippen LogP contribution >= 0.6 is 11.8 Å². The van der Waals surface area contributed by atoms with Gasteiger partial charge in [0.15, 0.2) is 5.16 Å². The minimum Gasteiger partial charge on any atom is -0.333 e. The summed E-state index contributed by atoms with van der Waals surface area (Å²) in [7, 11) is 0. The highest BCUT2D eigenvalue weighted by molar-refractivity contribution is 7.99. The number of rotatable bonds is 7. The molecule has 30 heavy (non-hydrogen) atoms. The number of nitrogens with zero attached hydrogens (tertiary/aromatic N) is 4. The predicted octanol–water partition coefficient (Wildman–Crippen LogP) is 4.72. The maximum Gasteiger partial charge on any atom is 0.301 e. The van der Waals surface area contributed by atoms with E-state index in [1.54, 1.807) is 6.21 Å². The minimum atomic E-state index is -0.696. The van der Waals surface area contributed by atoms with E-state index < -0.39 is 15.5 Å². The third kappa shape index (κ3) is 3.91. The molecule has 0 fully saturated rings. The molecule has 4 aromatic rings. The Kier molecular flexibility index (Phi) is 5.26. The smallest absolute Gasteiger partial charge is 0.301 e. The number of benzene rings is 3. The number of thioether (sulfide) groups is 1. The number of hydrogen-bond acceptors (Lipinski definition) is 8. The van der Waals surface area contributed by atoms with Crippen molar-refractivity contribution >= 4 is 56.8 Å². The van der Waals surface area contributed by atoms with Crippen molar-refractivity contribution in [3.05, 3.63) is 74.8 Å². The second kappa shape index (κ2) is 8.17. The summed E-state index contributed by atoms with van der Waals surface area (Å²) in [6.45, 7) is 0. The van der Waals surface area contributed by atoms with Gasteiger partial charge in [-0.15, -0.1) is 0 Å². The van der Waals surface area contributed by atoms with Gasteiger partial charge in [0.1, 0.15) is 5.69 Å². The Labute approximate surface area is 173 Å². The molecule has 11 heteroatoms. The van der Waals surface area contributed by atoms with Crippen LogP contribution in [0, 0.1) is 20.2 Å². The van der Waals surface area contributed by atoms with Crippen LogP contribution in [0.1, 0.15) is 0 Å². The number of nitro benzene ring substituents is 2. The molecule has 0 bridgehead atoms. The van der Waals surface area contributed by atoms with Gasteiger partial charge < -0.3 is 4.98 Å². The van der Waals surface area contributed by atoms with E-state index in [0.29, 0.717) is 5.75 Å². The molecule has 0 unspecified atom stereocenters. The van der Waals surface area contributed by atoms with Crippen molar-refractivity contribution in [2.45, 2.75) is 5.16 Å². The van der Waals surface area contributed by atoms with Crippen LogP contribution in [0.3, 0.4) is 0 Å². The first kappa shape index (κ1) is 19.3. The van der Waals surface area contributed by atoms with Crippen molar-refractivity contribution in [1.82, 2.24) is 9.97 Å². The highest BCUT2D eigenvalue weighted by atomic mass is 32.2. The molecule has 0 saturated carbocycles. The molecular weight excluding hydrogens is 408 g/mol. The number of anilines is 1. The molecule has 1 aromatic heterocycles. The molecule has 1 heterocycles. The fraction of sp³-hybridized carbons (Fsp3) is 0.0526. The number of nitrogens with one attached hydrogen (secondary N) is 2. The lowest BCUT2D eigenvalue weighted by Gasteiger charge is -2.01. The zero-order valence-corrected chi connectivity index (χ0v) is 16.1. The van der Waals surface area contributed by atoms with Crippen molar-refractivity contribution in [3.8, 4) is 0 Å². The van der Waals surface area contributed by atoms with E-state index in [9.17, 15) is 20.2 Å². The van der Waals surface area contributed by atoms with Crippen molar-refractivity contribution < 1.29 is 9.85 Å². The molecule has 0 atom stereocenters. The second-order valence-electron chi connectivity index (χ2n) is 6.17. The number of H-pyrrole nitrogens is 1. The summed E-state index contributed by atoms with van der Waals surface area (Å²) in [6.07, 6.45) is 1.54. The van der Waals surface area contributed by atoms with Crippen LogP contribution in [-0.4, -0.2) is 31.8 Å². The molecule has 0 aliphatic heterocycles. The number of hydrazone groups is 1. The average molecular weight is 422 g/mol. The molecule has 0 aliphatic carbocycles. The molecule has 0 spiro atoms. The SMILES string of the molecule is O=[N+]([O-])c1ccc(N/N=C/CSc2nc3c(ccc4ccccc43)[nH]2)c([N+](=O)[O-])c1. The Balaban J connectivity index is 1.43. The monoisotopic (exact) mass is 422 g/mol. The van der Waals surface area contributed by atoms with Crippen molar-refractivity contribution in [2.75, 3.05) is 11.2 Å². The van der Waals surface area contributed by atoms with Gasteiger partial charge in [0.05, 0.1) is 26.9 Å². The summed E-state index contributed by atoms with van der Waals surface area (Å²) in [5.41, 5.74) is 3.69. The van der Waals surface area contributed by atoms with Crippen molar-refractivity contribution in [1.29, 1.82) is 0 Å². The van der Waals surface area contributed by atoms with E-state index in [1.165, 1.54) is 23.9 Å². The van der Waals surface area contributed by atoms with Crippen LogP contribution in [0.25, 0.3) is 21.8 Å². The standard InChI is InChI=1S/C19H14N6O4S/c26-24(27)13-6-8-15(17(11-13)25(28)29)23-20-9-10-30-19-21-16-7-5-12-3-1-2-4-14(12)18(16)22-19/h1-9,11,23H,10H2,(H,21,22)/b20-9+. The first-order valence-electron chi connectivity index (χ1n) is 8.73. The number of hydrogen-bond donors (Lipinski definition) is 2. The summed E-state index contributed by atoms with van der Waals surface area (Å²) in [5, 5.41) is 28.8. The van der Waals surface area contributed by atoms with E-state index in [4.69, 9.17) is 0 Å². The Bertz CT molecular complexity index is 1300. The normalized spacial score (nSPS) is 11.3. The molecule has 2 N–H and O–H groups in total. The number of aromatic amines is 1. The fourth-order valence-corrected chi connectivity index (χ4v) is 3.58. The van der Waals surface area contributed by atoms with Crippen LogP contribution in [0.4, 0.5) is 17.1 Å². The van der Waals surface area contributed by atoms with Gasteiger partial charge in [-0.3, -0.25) is 25.7 Å². The van der Waals surface area contributed by atoms with Gasteiger partial charge in [0.25, 0.3) is 5.69 Å². The van der Waals surface area contributed by atoms with E-state index in [-0.39, 0.29) is 11.4 Å². The lowest BCUT2D eigenvalue weighted by Crippen LogP contribution is -1.98. The maximum absolute atomic E-state index is 11.1. The van der Waals surface area contributed by atoms with Gasteiger partial charge in [-0.05, 0) is 17.5 Å². The molecule has 3 aromatic carbocycles. The van der Waals surface area contributed by atoms with E-state index >= 15 is 0 Å². The highest BCUT2D eigenvalue weighted by Crippen LogP contribution is 2.29. The molecule has 150 valence electrons. The molecule has 0 radical (unpaired) electrons. The van der Waals surface area contributed by atoms with Crippen LogP contribution in [-0.2, 0) is 0 Å². The highest BCUT2D eigenvalue weighted by Gasteiger charge is 2.19. The van der Waals surface area contributed by atoms with Gasteiger partial charge in [-0.1, -0.05) is 42.1 Å². The van der Waals surface area contributed by atoms with Gasteiger partial charge in [0.2, 0.25) is 0 Å². The predicted molar refractivity (Wildman–Crippen MR) is 116 cm³/mol. The Hall–Kier alpha value is -3.99. The Morgan fingerprint density at radius 3 is 2.73 bits per heavy atom. The first-order chi connectivity index (χ1) is 14.5. The Morgan fingerprint density at radius 1 is 1.10 bits per heavy atom. The number of non-ortho nitro benzene ring substituents is 1. The Morgan fingerprint density at radius 2 is 1.93 bits per heavy atom. The first-order valence-corrected chi connectivity index (χ1v) is 9.72. The molecule has 0 saturated heterocycles. The van der Waals surface area contributed by atoms with Gasteiger partial charge >= 0.3 is 5.69 Å². The summed E-state index contributed by atoms with van der Waals surface area (Å²) in [6, 6.07) is 15.4. The lowest BCUT2D eigenvalue weighted by molar-refractivity contribution is -0.393. The van der Waals surface area contributed by atoms with Gasteiger partial charge in [-0.25, -0.2) is 4.98 Å². The molecular formula is C19H14N6O4S. The summed E-state index contributed by atoms with van der Waals surface area (Å²) >= 11 is 1.43. The summed E-state index contributed by atoms with van der Waals surface area (Å²) in [4.78, 5) is 28.4. The number of nitro groups is 2. The largest absolute Gasteiger partial charge is 0.333 e. The number of imidazole rings is 1. The number of aromatic nitrogens is 2. The second-order valence-corrected chi connectivity index (χ2v) is 7.18. The summed E-state index contributed by atoms with van der Waals surface area (Å²) in [5.74, 6) is 0.464. The third-order valence-electron chi connectivity index (χ3n) is 4.32. The van der Waals surface area contributed by atoms with Crippen LogP contribution in [0.15, 0.2) is 64.9 Å². The molecule has 10 nitrogen and oxygen atoms in total. The van der Waals surface area contributed by atoms with E-state index in [1.807, 2.05) is 36.4 Å². The zero-order valence-electron chi connectivity index (χ0n) is 15.3. The maximum atomic E-state index is 11.1. The third-order valence-corrected chi connectivity index (χ3v) is 5.10. The van der Waals surface area contributed by atoms with E-state index in [0.717, 1.165) is 33.0 Å². The molecule has 4 rings (SSSR count). The van der Waals surface area contributed by atoms with Crippen molar-refractivity contribution in [2.24, 2.45) is 5.10 Å². The summed E-state index contributed by atoms with van der Waals surface area (Å²) < 4.78 is 0. The van der Waals surface area contributed by atoms with Gasteiger partial charge in [0, 0.05) is 23.4 Å². The average Bonchev–Trinajstić information content (AvgIpc) is 3.17. The van der Waals surface area contributed by atoms with E-state index in [2.05, 4.69) is 20.5 Å². The molecule has 0 aliphatic rings. The van der Waals surface area contributed by atoms with Crippen LogP contribution in [0.2, 0.25) is 0 Å². The van der Waals surface area contributed by atoms with Gasteiger partial charge in [-0.2, -0.15) is 5.10 Å². The lowest BCUT2D eigenvalue weighted by atomic mass is 10.1. The molecule has 0 amide bonds. The van der Waals surface area contributed by atoms with Crippen LogP contribution in [0.5, 0.6) is 0 Å². The zero-order chi connectivity index (χ0) is 21.1. The van der Waals surface area contributed by atoms with Crippen molar-refractivity contribution in [3.63, 3.8) is 0 Å². The number of fused-ring (bicyclic) bond motifs is 3. The van der Waals surface area contributed by atoms with Crippen LogP contribution < -0.4 is 5.43 Å².